The predicted molar refractivity (Wildman–Crippen MR) is 74.5 cm³/mol. The predicted octanol–water partition coefficient (Wildman–Crippen LogP) is 2.68. The molecule has 0 atom stereocenters. The van der Waals surface area contributed by atoms with E-state index in [9.17, 15) is 5.11 Å². The van der Waals surface area contributed by atoms with E-state index in [1.807, 2.05) is 19.9 Å². The van der Waals surface area contributed by atoms with Gasteiger partial charge in [-0.15, -0.1) is 0 Å². The molecular weight excluding hydrogens is 242 g/mol. The van der Waals surface area contributed by atoms with Crippen molar-refractivity contribution in [3.63, 3.8) is 0 Å². The fourth-order valence-corrected chi connectivity index (χ4v) is 1.70. The molecule has 5 nitrogen and oxygen atoms in total. The summed E-state index contributed by atoms with van der Waals surface area (Å²) in [7, 11) is 0. The van der Waals surface area contributed by atoms with Crippen LogP contribution in [0, 0.1) is 0 Å². The third-order valence-corrected chi connectivity index (χ3v) is 2.53. The van der Waals surface area contributed by atoms with E-state index in [0.29, 0.717) is 18.2 Å². The van der Waals surface area contributed by atoms with Gasteiger partial charge in [-0.1, -0.05) is 0 Å². The van der Waals surface area contributed by atoms with Crippen molar-refractivity contribution in [3.05, 3.63) is 30.5 Å². The minimum absolute atomic E-state index is 0.119. The highest BCUT2D eigenvalue weighted by molar-refractivity contribution is 5.62. The van der Waals surface area contributed by atoms with Gasteiger partial charge >= 0.3 is 0 Å². The van der Waals surface area contributed by atoms with E-state index >= 15 is 0 Å². The Bertz CT molecular complexity index is 558. The maximum absolute atomic E-state index is 9.67. The van der Waals surface area contributed by atoms with Crippen molar-refractivity contribution in [1.29, 1.82) is 0 Å². The van der Waals surface area contributed by atoms with Crippen molar-refractivity contribution >= 4 is 5.82 Å². The molecule has 0 aliphatic carbocycles. The lowest BCUT2D eigenvalue weighted by atomic mass is 10.2. The number of phenols is 1. The molecule has 19 heavy (non-hydrogen) atoms. The van der Waals surface area contributed by atoms with Crippen LogP contribution in [0.3, 0.4) is 0 Å². The summed E-state index contributed by atoms with van der Waals surface area (Å²) >= 11 is 0. The van der Waals surface area contributed by atoms with Crippen molar-refractivity contribution < 1.29 is 9.84 Å². The van der Waals surface area contributed by atoms with E-state index in [-0.39, 0.29) is 5.75 Å². The van der Waals surface area contributed by atoms with Gasteiger partial charge in [0.1, 0.15) is 5.82 Å². The number of nitrogens with one attached hydrogen (secondary N) is 1. The average Bonchev–Trinajstić information content (AvgIpc) is 2.42. The highest BCUT2D eigenvalue weighted by atomic mass is 16.5. The van der Waals surface area contributed by atoms with Gasteiger partial charge in [-0.2, -0.15) is 0 Å². The zero-order valence-electron chi connectivity index (χ0n) is 11.1. The molecule has 2 N–H and O–H groups in total. The summed E-state index contributed by atoms with van der Waals surface area (Å²) in [6.07, 6.45) is 1.70. The Kier molecular flexibility index (Phi) is 4.18. The van der Waals surface area contributed by atoms with Gasteiger partial charge in [0.05, 0.1) is 6.61 Å². The van der Waals surface area contributed by atoms with Crippen molar-refractivity contribution in [3.8, 4) is 22.9 Å². The highest BCUT2D eigenvalue weighted by Crippen LogP contribution is 2.30. The topological polar surface area (TPSA) is 67.3 Å². The largest absolute Gasteiger partial charge is 0.504 e. The Balaban J connectivity index is 2.35. The maximum Gasteiger partial charge on any atom is 0.161 e. The van der Waals surface area contributed by atoms with Crippen molar-refractivity contribution in [2.75, 3.05) is 18.5 Å². The molecule has 0 amide bonds. The van der Waals surface area contributed by atoms with Crippen LogP contribution in [0.2, 0.25) is 0 Å². The number of ether oxygens (including phenoxy) is 1. The first-order chi connectivity index (χ1) is 9.24. The van der Waals surface area contributed by atoms with Gasteiger partial charge in [0, 0.05) is 18.3 Å². The molecule has 2 aromatic rings. The molecule has 0 bridgehead atoms. The smallest absolute Gasteiger partial charge is 0.161 e. The standard InChI is InChI=1S/C14H17N3O2/c1-3-15-13-7-8-16-14(17-13)10-5-6-11(18)12(9-10)19-4-2/h5-9,18H,3-4H2,1-2H3,(H,15,16,17). The van der Waals surface area contributed by atoms with Crippen LogP contribution in [0.5, 0.6) is 11.5 Å². The van der Waals surface area contributed by atoms with Gasteiger partial charge < -0.3 is 15.2 Å². The molecule has 0 aliphatic rings. The molecule has 0 fully saturated rings. The van der Waals surface area contributed by atoms with Crippen molar-refractivity contribution in [2.24, 2.45) is 0 Å². The van der Waals surface area contributed by atoms with E-state index in [1.165, 1.54) is 0 Å². The van der Waals surface area contributed by atoms with Crippen LogP contribution in [0.1, 0.15) is 13.8 Å². The average molecular weight is 259 g/mol. The van der Waals surface area contributed by atoms with Gasteiger partial charge in [-0.05, 0) is 38.1 Å². The number of benzene rings is 1. The molecular formula is C14H17N3O2. The first-order valence-corrected chi connectivity index (χ1v) is 6.27. The summed E-state index contributed by atoms with van der Waals surface area (Å²) in [6.45, 7) is 5.18. The Labute approximate surface area is 112 Å². The third kappa shape index (κ3) is 3.13. The minimum atomic E-state index is 0.119. The number of hydrogen-bond donors (Lipinski definition) is 2. The molecule has 1 heterocycles. The van der Waals surface area contributed by atoms with Crippen molar-refractivity contribution in [2.45, 2.75) is 13.8 Å². The first-order valence-electron chi connectivity index (χ1n) is 6.27. The SMILES string of the molecule is CCNc1ccnc(-c2ccc(O)c(OCC)c2)n1. The molecule has 100 valence electrons. The van der Waals surface area contributed by atoms with Crippen molar-refractivity contribution in [1.82, 2.24) is 9.97 Å². The number of anilines is 1. The highest BCUT2D eigenvalue weighted by Gasteiger charge is 2.07. The molecule has 0 saturated heterocycles. The number of aromatic hydroxyl groups is 1. The fraction of sp³-hybridized carbons (Fsp3) is 0.286. The Hall–Kier alpha value is -2.30. The monoisotopic (exact) mass is 259 g/mol. The lowest BCUT2D eigenvalue weighted by molar-refractivity contribution is 0.318. The summed E-state index contributed by atoms with van der Waals surface area (Å²) < 4.78 is 5.36. The van der Waals surface area contributed by atoms with Crippen LogP contribution in [-0.2, 0) is 0 Å². The van der Waals surface area contributed by atoms with Crippen LogP contribution in [0.25, 0.3) is 11.4 Å². The molecule has 0 unspecified atom stereocenters. The minimum Gasteiger partial charge on any atom is -0.504 e. The number of rotatable bonds is 5. The second kappa shape index (κ2) is 6.04. The van der Waals surface area contributed by atoms with Crippen LogP contribution < -0.4 is 10.1 Å². The van der Waals surface area contributed by atoms with Gasteiger partial charge in [-0.3, -0.25) is 0 Å². The quantitative estimate of drug-likeness (QED) is 0.864. The van der Waals surface area contributed by atoms with E-state index in [1.54, 1.807) is 24.4 Å². The summed E-state index contributed by atoms with van der Waals surface area (Å²) in [5.41, 5.74) is 0.806. The molecule has 2 rings (SSSR count). The fourth-order valence-electron chi connectivity index (χ4n) is 1.70. The molecule has 0 radical (unpaired) electrons. The molecule has 1 aromatic heterocycles. The lowest BCUT2D eigenvalue weighted by Gasteiger charge is -2.08. The number of hydrogen-bond acceptors (Lipinski definition) is 5. The van der Waals surface area contributed by atoms with Gasteiger partial charge in [0.2, 0.25) is 0 Å². The van der Waals surface area contributed by atoms with E-state index in [4.69, 9.17) is 4.74 Å². The van der Waals surface area contributed by atoms with Gasteiger partial charge in [0.15, 0.2) is 17.3 Å². The van der Waals surface area contributed by atoms with Crippen LogP contribution in [-0.4, -0.2) is 28.2 Å². The lowest BCUT2D eigenvalue weighted by Crippen LogP contribution is -2.01. The second-order valence-electron chi connectivity index (χ2n) is 3.91. The number of phenolic OH excluding ortho intramolecular Hbond substituents is 1. The van der Waals surface area contributed by atoms with Gasteiger partial charge in [0.25, 0.3) is 0 Å². The van der Waals surface area contributed by atoms with Gasteiger partial charge in [-0.25, -0.2) is 9.97 Å². The number of nitrogens with zero attached hydrogens (tertiary/aromatic N) is 2. The Morgan fingerprint density at radius 3 is 2.84 bits per heavy atom. The first kappa shape index (κ1) is 13.1. The zero-order chi connectivity index (χ0) is 13.7. The zero-order valence-corrected chi connectivity index (χ0v) is 11.1. The van der Waals surface area contributed by atoms with Crippen LogP contribution in [0.4, 0.5) is 5.82 Å². The molecule has 0 spiro atoms. The molecule has 0 saturated carbocycles. The van der Waals surface area contributed by atoms with Crippen LogP contribution >= 0.6 is 0 Å². The number of aromatic nitrogens is 2. The molecule has 5 heteroatoms. The van der Waals surface area contributed by atoms with E-state index < -0.39 is 0 Å². The Morgan fingerprint density at radius 2 is 2.11 bits per heavy atom. The third-order valence-electron chi connectivity index (χ3n) is 2.53. The molecule has 0 aliphatic heterocycles. The van der Waals surface area contributed by atoms with E-state index in [2.05, 4.69) is 15.3 Å². The normalized spacial score (nSPS) is 10.2. The van der Waals surface area contributed by atoms with Crippen LogP contribution in [0.15, 0.2) is 30.5 Å². The second-order valence-corrected chi connectivity index (χ2v) is 3.91. The Morgan fingerprint density at radius 1 is 1.26 bits per heavy atom. The summed E-state index contributed by atoms with van der Waals surface area (Å²) in [4.78, 5) is 8.64. The summed E-state index contributed by atoms with van der Waals surface area (Å²) in [5.74, 6) is 1.93. The molecule has 1 aromatic carbocycles. The van der Waals surface area contributed by atoms with E-state index in [0.717, 1.165) is 17.9 Å². The summed E-state index contributed by atoms with van der Waals surface area (Å²) in [5, 5.41) is 12.8. The maximum atomic E-state index is 9.67. The summed E-state index contributed by atoms with van der Waals surface area (Å²) in [6, 6.07) is 6.91.